The predicted octanol–water partition coefficient (Wildman–Crippen LogP) is 2.28. The molecule has 0 saturated carbocycles. The second kappa shape index (κ2) is 8.83. The number of amides is 2. The molecule has 1 saturated heterocycles. The van der Waals surface area contributed by atoms with Gasteiger partial charge in [-0.25, -0.2) is 4.98 Å². The Bertz CT molecular complexity index is 920. The van der Waals surface area contributed by atoms with Gasteiger partial charge in [-0.2, -0.15) is 0 Å². The van der Waals surface area contributed by atoms with Gasteiger partial charge in [0.2, 0.25) is 5.91 Å². The number of benzene rings is 1. The van der Waals surface area contributed by atoms with Gasteiger partial charge in [0.05, 0.1) is 11.9 Å². The Morgan fingerprint density at radius 2 is 2.00 bits per heavy atom. The summed E-state index contributed by atoms with van der Waals surface area (Å²) >= 11 is 0. The third-order valence-corrected chi connectivity index (χ3v) is 6.11. The summed E-state index contributed by atoms with van der Waals surface area (Å²) in [6, 6.07) is 10.2. The molecule has 0 spiro atoms. The monoisotopic (exact) mass is 407 g/mol. The van der Waals surface area contributed by atoms with E-state index in [1.54, 1.807) is 19.3 Å². The zero-order valence-electron chi connectivity index (χ0n) is 17.6. The van der Waals surface area contributed by atoms with E-state index >= 15 is 0 Å². The minimum absolute atomic E-state index is 0.0938. The molecule has 7 heteroatoms. The van der Waals surface area contributed by atoms with E-state index in [1.165, 1.54) is 11.1 Å². The van der Waals surface area contributed by atoms with E-state index in [4.69, 9.17) is 0 Å². The highest BCUT2D eigenvalue weighted by molar-refractivity contribution is 5.95. The first kappa shape index (κ1) is 20.3. The van der Waals surface area contributed by atoms with Crippen LogP contribution in [0.1, 0.15) is 35.0 Å². The Hall–Kier alpha value is -2.93. The second-order valence-electron chi connectivity index (χ2n) is 8.03. The van der Waals surface area contributed by atoms with Crippen LogP contribution in [0, 0.1) is 5.92 Å². The van der Waals surface area contributed by atoms with Gasteiger partial charge in [0.25, 0.3) is 5.91 Å². The predicted molar refractivity (Wildman–Crippen MR) is 118 cm³/mol. The Morgan fingerprint density at radius 3 is 2.67 bits per heavy atom. The van der Waals surface area contributed by atoms with Crippen LogP contribution in [0.15, 0.2) is 36.5 Å². The average Bonchev–Trinajstić information content (AvgIpc) is 2.78. The lowest BCUT2D eigenvalue weighted by molar-refractivity contribution is -0.120. The van der Waals surface area contributed by atoms with Gasteiger partial charge in [-0.15, -0.1) is 0 Å². The summed E-state index contributed by atoms with van der Waals surface area (Å²) in [5, 5.41) is 5.67. The third-order valence-electron chi connectivity index (χ3n) is 6.11. The van der Waals surface area contributed by atoms with Crippen LogP contribution in [-0.2, 0) is 17.8 Å². The van der Waals surface area contributed by atoms with E-state index < -0.39 is 0 Å². The lowest BCUT2D eigenvalue weighted by Gasteiger charge is -2.36. The van der Waals surface area contributed by atoms with E-state index in [0.29, 0.717) is 5.69 Å². The first-order valence-corrected chi connectivity index (χ1v) is 10.7. The summed E-state index contributed by atoms with van der Waals surface area (Å²) in [7, 11) is 1.61. The van der Waals surface area contributed by atoms with E-state index in [1.807, 2.05) is 6.07 Å². The average molecular weight is 408 g/mol. The molecule has 0 bridgehead atoms. The molecule has 2 aliphatic heterocycles. The van der Waals surface area contributed by atoms with E-state index in [0.717, 1.165) is 56.9 Å². The number of aromatic nitrogens is 1. The van der Waals surface area contributed by atoms with Gasteiger partial charge in [0.1, 0.15) is 5.69 Å². The first-order chi connectivity index (χ1) is 14.6. The van der Waals surface area contributed by atoms with Crippen molar-refractivity contribution in [3.63, 3.8) is 0 Å². The second-order valence-corrected chi connectivity index (χ2v) is 8.03. The van der Waals surface area contributed by atoms with Crippen molar-refractivity contribution in [2.45, 2.75) is 26.3 Å². The highest BCUT2D eigenvalue weighted by atomic mass is 16.2. The number of piperazine rings is 1. The van der Waals surface area contributed by atoms with Gasteiger partial charge in [-0.1, -0.05) is 19.1 Å². The molecule has 2 N–H and O–H groups in total. The molecule has 3 heterocycles. The molecule has 1 atom stereocenters. The maximum Gasteiger partial charge on any atom is 0.269 e. The fourth-order valence-electron chi connectivity index (χ4n) is 4.20. The molecule has 2 amide bonds. The number of pyridine rings is 1. The highest BCUT2D eigenvalue weighted by Gasteiger charge is 2.25. The van der Waals surface area contributed by atoms with Gasteiger partial charge in [0.15, 0.2) is 0 Å². The minimum Gasteiger partial charge on any atom is -0.368 e. The van der Waals surface area contributed by atoms with Crippen LogP contribution in [0.4, 0.5) is 11.4 Å². The van der Waals surface area contributed by atoms with Crippen LogP contribution < -0.4 is 15.5 Å². The molecular formula is C23H29N5O2. The quantitative estimate of drug-likeness (QED) is 0.795. The number of anilines is 2. The largest absolute Gasteiger partial charge is 0.368 e. The van der Waals surface area contributed by atoms with Crippen LogP contribution in [0.25, 0.3) is 0 Å². The summed E-state index contributed by atoms with van der Waals surface area (Å²) in [6.45, 7) is 6.69. The Kier molecular flexibility index (Phi) is 5.99. The van der Waals surface area contributed by atoms with Gasteiger partial charge >= 0.3 is 0 Å². The zero-order chi connectivity index (χ0) is 21.1. The molecule has 1 aromatic carbocycles. The van der Waals surface area contributed by atoms with Crippen LogP contribution in [0.3, 0.4) is 0 Å². The molecular weight excluding hydrogens is 378 g/mol. The highest BCUT2D eigenvalue weighted by Crippen LogP contribution is 2.28. The summed E-state index contributed by atoms with van der Waals surface area (Å²) in [5.74, 6) is 0.0703. The molecule has 2 aliphatic rings. The van der Waals surface area contributed by atoms with Crippen molar-refractivity contribution >= 4 is 23.2 Å². The molecule has 0 aliphatic carbocycles. The van der Waals surface area contributed by atoms with Gasteiger partial charge in [-0.05, 0) is 42.2 Å². The maximum atomic E-state index is 12.2. The van der Waals surface area contributed by atoms with Crippen molar-refractivity contribution < 1.29 is 9.59 Å². The smallest absolute Gasteiger partial charge is 0.269 e. The van der Waals surface area contributed by atoms with Crippen molar-refractivity contribution in [2.24, 2.45) is 5.92 Å². The zero-order valence-corrected chi connectivity index (χ0v) is 17.6. The number of nitrogens with zero attached hydrogens (tertiary/aromatic N) is 3. The standard InChI is InChI=1S/C23H29N5O2/c1-3-17-13-18-5-4-16(12-21(18)26-22(17)29)15-27-8-10-28(11-9-27)19-6-7-20(25-14-19)23(30)24-2/h4-7,12,14,17H,3,8-11,13,15H2,1-2H3,(H,24,30)(H,26,29). The molecule has 2 aromatic rings. The SMILES string of the molecule is CCC1Cc2ccc(CN3CCN(c4ccc(C(=O)NC)nc4)CC3)cc2NC1=O. The first-order valence-electron chi connectivity index (χ1n) is 10.7. The van der Waals surface area contributed by atoms with Crippen molar-refractivity contribution in [1.82, 2.24) is 15.2 Å². The normalized spacial score (nSPS) is 19.2. The van der Waals surface area contributed by atoms with Crippen LogP contribution in [0.2, 0.25) is 0 Å². The van der Waals surface area contributed by atoms with Gasteiger partial charge in [0, 0.05) is 51.4 Å². The molecule has 7 nitrogen and oxygen atoms in total. The fourth-order valence-corrected chi connectivity index (χ4v) is 4.20. The molecule has 0 radical (unpaired) electrons. The number of nitrogens with one attached hydrogen (secondary N) is 2. The van der Waals surface area contributed by atoms with Crippen molar-refractivity contribution in [3.05, 3.63) is 53.3 Å². The maximum absolute atomic E-state index is 12.2. The summed E-state index contributed by atoms with van der Waals surface area (Å²) in [6.07, 6.45) is 3.49. The van der Waals surface area contributed by atoms with Crippen LogP contribution in [0.5, 0.6) is 0 Å². The Morgan fingerprint density at radius 1 is 1.20 bits per heavy atom. The lowest BCUT2D eigenvalue weighted by atomic mass is 9.90. The fraction of sp³-hybridized carbons (Fsp3) is 0.435. The molecule has 4 rings (SSSR count). The van der Waals surface area contributed by atoms with E-state index in [9.17, 15) is 9.59 Å². The molecule has 1 fully saturated rings. The number of hydrogen-bond donors (Lipinski definition) is 2. The van der Waals surface area contributed by atoms with Crippen molar-refractivity contribution in [3.8, 4) is 0 Å². The molecule has 30 heavy (non-hydrogen) atoms. The topological polar surface area (TPSA) is 77.6 Å². The number of carbonyl (C=O) groups is 2. The summed E-state index contributed by atoms with van der Waals surface area (Å²) in [4.78, 5) is 32.8. The molecule has 1 unspecified atom stereocenters. The summed E-state index contributed by atoms with van der Waals surface area (Å²) < 4.78 is 0. The number of fused-ring (bicyclic) bond motifs is 1. The molecule has 158 valence electrons. The third kappa shape index (κ3) is 4.31. The Balaban J connectivity index is 1.34. The Labute approximate surface area is 177 Å². The number of rotatable bonds is 5. The van der Waals surface area contributed by atoms with Gasteiger partial charge < -0.3 is 15.5 Å². The van der Waals surface area contributed by atoms with Gasteiger partial charge in [-0.3, -0.25) is 14.5 Å². The number of hydrogen-bond acceptors (Lipinski definition) is 5. The van der Waals surface area contributed by atoms with Crippen molar-refractivity contribution in [2.75, 3.05) is 43.4 Å². The van der Waals surface area contributed by atoms with E-state index in [2.05, 4.69) is 50.5 Å². The van der Waals surface area contributed by atoms with E-state index in [-0.39, 0.29) is 17.7 Å². The lowest BCUT2D eigenvalue weighted by Crippen LogP contribution is -2.46. The van der Waals surface area contributed by atoms with Crippen LogP contribution in [-0.4, -0.2) is 54.9 Å². The van der Waals surface area contributed by atoms with Crippen LogP contribution >= 0.6 is 0 Å². The minimum atomic E-state index is -0.169. The summed E-state index contributed by atoms with van der Waals surface area (Å²) in [5.41, 5.74) is 4.92. The van der Waals surface area contributed by atoms with Crippen molar-refractivity contribution in [1.29, 1.82) is 0 Å². The number of carbonyl (C=O) groups excluding carboxylic acids is 2. The molecule has 1 aromatic heterocycles.